The second-order valence-corrected chi connectivity index (χ2v) is 4.15. The van der Waals surface area contributed by atoms with Gasteiger partial charge >= 0.3 is 0 Å². The van der Waals surface area contributed by atoms with Crippen molar-refractivity contribution < 1.29 is 4.74 Å². The average Bonchev–Trinajstić information content (AvgIpc) is 2.40. The molecule has 0 radical (unpaired) electrons. The van der Waals surface area contributed by atoms with Crippen LogP contribution >= 0.6 is 0 Å². The highest BCUT2D eigenvalue weighted by Gasteiger charge is 2.03. The molecule has 19 heavy (non-hydrogen) atoms. The summed E-state index contributed by atoms with van der Waals surface area (Å²) in [6.45, 7) is 4.49. The van der Waals surface area contributed by atoms with Gasteiger partial charge in [-0.2, -0.15) is 5.11 Å². The van der Waals surface area contributed by atoms with Crippen LogP contribution in [-0.2, 0) is 0 Å². The van der Waals surface area contributed by atoms with Crippen molar-refractivity contribution in [3.8, 4) is 5.75 Å². The topological polar surface area (TPSA) is 60.0 Å². The van der Waals surface area contributed by atoms with E-state index in [0.717, 1.165) is 11.3 Å². The number of azo groups is 1. The van der Waals surface area contributed by atoms with Crippen molar-refractivity contribution in [3.63, 3.8) is 0 Å². The van der Waals surface area contributed by atoms with Crippen molar-refractivity contribution in [1.29, 1.82) is 0 Å². The Kier molecular flexibility index (Phi) is 4.13. The molecule has 0 saturated heterocycles. The lowest BCUT2D eigenvalue weighted by molar-refractivity contribution is 0.341. The van der Waals surface area contributed by atoms with Crippen molar-refractivity contribution in [2.75, 3.05) is 12.3 Å². The number of nitrogens with zero attached hydrogens (tertiary/aromatic N) is 2. The first kappa shape index (κ1) is 13.1. The number of hydrogen-bond donors (Lipinski definition) is 1. The molecule has 0 bridgehead atoms. The van der Waals surface area contributed by atoms with E-state index in [1.807, 2.05) is 44.2 Å². The lowest BCUT2D eigenvalue weighted by Crippen LogP contribution is -1.93. The maximum atomic E-state index is 5.74. The summed E-state index contributed by atoms with van der Waals surface area (Å²) in [5, 5.41) is 8.49. The Morgan fingerprint density at radius 1 is 1.05 bits per heavy atom. The molecule has 4 heteroatoms. The Bertz CT molecular complexity index is 594. The van der Waals surface area contributed by atoms with Gasteiger partial charge in [0.15, 0.2) is 0 Å². The van der Waals surface area contributed by atoms with Gasteiger partial charge in [0, 0.05) is 11.8 Å². The summed E-state index contributed by atoms with van der Waals surface area (Å²) in [7, 11) is 0. The van der Waals surface area contributed by atoms with Crippen LogP contribution in [0.3, 0.4) is 0 Å². The largest absolute Gasteiger partial charge is 0.491 e. The lowest BCUT2D eigenvalue weighted by Gasteiger charge is -2.06. The molecular weight excluding hydrogens is 238 g/mol. The summed E-state index contributed by atoms with van der Waals surface area (Å²) in [5.41, 5.74) is 9.00. The molecule has 4 nitrogen and oxygen atoms in total. The molecule has 0 aromatic heterocycles. The third kappa shape index (κ3) is 3.31. The molecule has 0 aliphatic rings. The van der Waals surface area contributed by atoms with Gasteiger partial charge in [-0.1, -0.05) is 18.2 Å². The van der Waals surface area contributed by atoms with E-state index < -0.39 is 0 Å². The summed E-state index contributed by atoms with van der Waals surface area (Å²) >= 11 is 0. The molecule has 0 aliphatic carbocycles. The van der Waals surface area contributed by atoms with Crippen LogP contribution in [0.15, 0.2) is 52.7 Å². The van der Waals surface area contributed by atoms with Gasteiger partial charge in [0.2, 0.25) is 0 Å². The SMILES string of the molecule is CCOc1cc(N)ccc1N=Nc1ccccc1C. The first-order valence-electron chi connectivity index (χ1n) is 6.20. The summed E-state index contributed by atoms with van der Waals surface area (Å²) in [6, 6.07) is 13.2. The predicted molar refractivity (Wildman–Crippen MR) is 77.4 cm³/mol. The minimum Gasteiger partial charge on any atom is -0.491 e. The zero-order valence-corrected chi connectivity index (χ0v) is 11.1. The second-order valence-electron chi connectivity index (χ2n) is 4.15. The van der Waals surface area contributed by atoms with Crippen molar-refractivity contribution in [2.45, 2.75) is 13.8 Å². The van der Waals surface area contributed by atoms with E-state index in [-0.39, 0.29) is 0 Å². The van der Waals surface area contributed by atoms with E-state index in [1.165, 1.54) is 0 Å². The van der Waals surface area contributed by atoms with E-state index in [4.69, 9.17) is 10.5 Å². The zero-order valence-electron chi connectivity index (χ0n) is 11.1. The molecule has 2 rings (SSSR count). The third-order valence-corrected chi connectivity index (χ3v) is 2.66. The first-order valence-corrected chi connectivity index (χ1v) is 6.20. The number of rotatable bonds is 4. The Morgan fingerprint density at radius 2 is 1.79 bits per heavy atom. The average molecular weight is 255 g/mol. The van der Waals surface area contributed by atoms with E-state index in [9.17, 15) is 0 Å². The van der Waals surface area contributed by atoms with E-state index in [2.05, 4.69) is 10.2 Å². The number of aryl methyl sites for hydroxylation is 1. The van der Waals surface area contributed by atoms with Gasteiger partial charge in [-0.05, 0) is 37.6 Å². The van der Waals surface area contributed by atoms with Crippen molar-refractivity contribution >= 4 is 17.1 Å². The van der Waals surface area contributed by atoms with Crippen LogP contribution in [0.5, 0.6) is 5.75 Å². The summed E-state index contributed by atoms with van der Waals surface area (Å²) in [4.78, 5) is 0. The molecule has 2 aromatic rings. The molecule has 0 fully saturated rings. The normalized spacial score (nSPS) is 10.8. The van der Waals surface area contributed by atoms with Crippen LogP contribution < -0.4 is 10.5 Å². The van der Waals surface area contributed by atoms with Crippen LogP contribution in [0, 0.1) is 6.92 Å². The zero-order chi connectivity index (χ0) is 13.7. The van der Waals surface area contributed by atoms with E-state index >= 15 is 0 Å². The smallest absolute Gasteiger partial charge is 0.148 e. The molecule has 0 unspecified atom stereocenters. The Labute approximate surface area is 112 Å². The fourth-order valence-corrected chi connectivity index (χ4v) is 1.67. The molecule has 2 N–H and O–H groups in total. The van der Waals surface area contributed by atoms with Crippen molar-refractivity contribution in [3.05, 3.63) is 48.0 Å². The third-order valence-electron chi connectivity index (χ3n) is 2.66. The minimum absolute atomic E-state index is 0.566. The van der Waals surface area contributed by atoms with Crippen molar-refractivity contribution in [1.82, 2.24) is 0 Å². The second kappa shape index (κ2) is 6.00. The van der Waals surface area contributed by atoms with Gasteiger partial charge in [-0.25, -0.2) is 0 Å². The predicted octanol–water partition coefficient (Wildman–Crippen LogP) is 4.39. The van der Waals surface area contributed by atoms with Gasteiger partial charge in [0.25, 0.3) is 0 Å². The molecule has 98 valence electrons. The van der Waals surface area contributed by atoms with E-state index in [0.29, 0.717) is 23.7 Å². The maximum absolute atomic E-state index is 5.74. The van der Waals surface area contributed by atoms with Gasteiger partial charge < -0.3 is 10.5 Å². The number of nitrogens with two attached hydrogens (primary N) is 1. The molecule has 0 atom stereocenters. The molecule has 0 amide bonds. The number of ether oxygens (including phenoxy) is 1. The number of nitrogen functional groups attached to an aromatic ring is 1. The molecular formula is C15H17N3O. The van der Waals surface area contributed by atoms with E-state index in [1.54, 1.807) is 12.1 Å². The van der Waals surface area contributed by atoms with Crippen LogP contribution in [0.1, 0.15) is 12.5 Å². The molecule has 2 aromatic carbocycles. The monoisotopic (exact) mass is 255 g/mol. The summed E-state index contributed by atoms with van der Waals surface area (Å²) in [5.74, 6) is 0.653. The Hall–Kier alpha value is -2.36. The number of anilines is 1. The number of hydrogen-bond acceptors (Lipinski definition) is 4. The molecule has 0 aliphatic heterocycles. The van der Waals surface area contributed by atoms with Crippen molar-refractivity contribution in [2.24, 2.45) is 10.2 Å². The Morgan fingerprint density at radius 3 is 2.53 bits per heavy atom. The first-order chi connectivity index (χ1) is 9.20. The highest BCUT2D eigenvalue weighted by atomic mass is 16.5. The quantitative estimate of drug-likeness (QED) is 0.650. The fourth-order valence-electron chi connectivity index (χ4n) is 1.67. The highest BCUT2D eigenvalue weighted by Crippen LogP contribution is 2.31. The van der Waals surface area contributed by atoms with Gasteiger partial charge in [0.05, 0.1) is 12.3 Å². The Balaban J connectivity index is 2.30. The molecule has 0 heterocycles. The van der Waals surface area contributed by atoms with Gasteiger partial charge in [0.1, 0.15) is 11.4 Å². The summed E-state index contributed by atoms with van der Waals surface area (Å²) < 4.78 is 5.50. The maximum Gasteiger partial charge on any atom is 0.148 e. The van der Waals surface area contributed by atoms with Crippen LogP contribution in [-0.4, -0.2) is 6.61 Å². The lowest BCUT2D eigenvalue weighted by atomic mass is 10.2. The van der Waals surface area contributed by atoms with Crippen LogP contribution in [0.25, 0.3) is 0 Å². The van der Waals surface area contributed by atoms with Gasteiger partial charge in [-0.15, -0.1) is 5.11 Å². The standard InChI is InChI=1S/C15H17N3O/c1-3-19-15-10-12(16)8-9-14(15)18-17-13-7-5-4-6-11(13)2/h4-10H,3,16H2,1-2H3. The number of benzene rings is 2. The van der Waals surface area contributed by atoms with Crippen LogP contribution in [0.4, 0.5) is 17.1 Å². The minimum atomic E-state index is 0.566. The highest BCUT2D eigenvalue weighted by molar-refractivity contribution is 5.59. The molecule has 0 saturated carbocycles. The van der Waals surface area contributed by atoms with Gasteiger partial charge in [-0.3, -0.25) is 0 Å². The fraction of sp³-hybridized carbons (Fsp3) is 0.200. The summed E-state index contributed by atoms with van der Waals surface area (Å²) in [6.07, 6.45) is 0. The molecule has 0 spiro atoms. The van der Waals surface area contributed by atoms with Crippen LogP contribution in [0.2, 0.25) is 0 Å².